The molecule has 0 aliphatic heterocycles. The van der Waals surface area contributed by atoms with E-state index in [0.29, 0.717) is 0 Å². The Balaban J connectivity index is 1.28. The van der Waals surface area contributed by atoms with Crippen molar-refractivity contribution < 1.29 is 4.42 Å². The van der Waals surface area contributed by atoms with Gasteiger partial charge in [0.15, 0.2) is 5.58 Å². The fourth-order valence-corrected chi connectivity index (χ4v) is 6.93. The molecule has 0 amide bonds. The van der Waals surface area contributed by atoms with Crippen molar-refractivity contribution in [3.8, 4) is 33.4 Å². The van der Waals surface area contributed by atoms with Crippen molar-refractivity contribution >= 4 is 49.8 Å². The number of furan rings is 1. The number of fused-ring (bicyclic) bond motifs is 4. The summed E-state index contributed by atoms with van der Waals surface area (Å²) < 4.78 is 6.64. The van der Waals surface area contributed by atoms with Gasteiger partial charge in [0.2, 0.25) is 0 Å². The van der Waals surface area contributed by atoms with Crippen LogP contribution in [-0.2, 0) is 0 Å². The van der Waals surface area contributed by atoms with Crippen LogP contribution in [0.15, 0.2) is 192 Å². The molecule has 0 bridgehead atoms. The monoisotopic (exact) mass is 613 g/mol. The fraction of sp³-hybridized carbons (Fsp3) is 0. The zero-order valence-corrected chi connectivity index (χ0v) is 26.3. The minimum atomic E-state index is 0.864. The summed E-state index contributed by atoms with van der Waals surface area (Å²) in [5.74, 6) is 0. The third-order valence-electron chi connectivity index (χ3n) is 9.24. The van der Waals surface area contributed by atoms with Gasteiger partial charge in [-0.3, -0.25) is 0 Å². The Morgan fingerprint density at radius 2 is 0.979 bits per heavy atom. The average molecular weight is 614 g/mol. The van der Waals surface area contributed by atoms with Crippen molar-refractivity contribution in [2.75, 3.05) is 4.90 Å². The Bertz CT molecular complexity index is 2560. The van der Waals surface area contributed by atoms with Crippen LogP contribution < -0.4 is 4.90 Å². The molecule has 0 spiro atoms. The molecule has 0 unspecified atom stereocenters. The SMILES string of the molecule is c1ccc(-c2ccc(N(c3cccc(-c4ccc5ccccc5c4)c3)c3cccc4c3oc3ccccc34)cc2-c2ccccc2)cc1. The second kappa shape index (κ2) is 11.8. The number of para-hydroxylation sites is 2. The summed E-state index contributed by atoms with van der Waals surface area (Å²) in [4.78, 5) is 2.34. The number of nitrogens with zero attached hydrogens (tertiary/aromatic N) is 1. The molecule has 0 atom stereocenters. The molecule has 0 fully saturated rings. The van der Waals surface area contributed by atoms with Gasteiger partial charge in [0.25, 0.3) is 0 Å². The molecule has 0 N–H and O–H groups in total. The Kier molecular flexibility index (Phi) is 6.84. The summed E-state index contributed by atoms with van der Waals surface area (Å²) in [6.07, 6.45) is 0. The summed E-state index contributed by atoms with van der Waals surface area (Å²) in [5, 5.41) is 4.68. The highest BCUT2D eigenvalue weighted by atomic mass is 16.3. The highest BCUT2D eigenvalue weighted by Crippen LogP contribution is 2.45. The van der Waals surface area contributed by atoms with Gasteiger partial charge < -0.3 is 9.32 Å². The Labute approximate surface area is 279 Å². The van der Waals surface area contributed by atoms with Crippen molar-refractivity contribution in [2.45, 2.75) is 0 Å². The molecular weight excluding hydrogens is 583 g/mol. The molecule has 0 saturated heterocycles. The molecule has 2 heteroatoms. The van der Waals surface area contributed by atoms with E-state index in [-0.39, 0.29) is 0 Å². The van der Waals surface area contributed by atoms with Crippen LogP contribution in [0.3, 0.4) is 0 Å². The van der Waals surface area contributed by atoms with E-state index in [1.54, 1.807) is 0 Å². The lowest BCUT2D eigenvalue weighted by Gasteiger charge is -2.27. The Hall–Kier alpha value is -6.38. The molecular formula is C46H31NO. The first-order chi connectivity index (χ1) is 23.8. The fourth-order valence-electron chi connectivity index (χ4n) is 6.93. The van der Waals surface area contributed by atoms with Crippen LogP contribution in [0.2, 0.25) is 0 Å². The van der Waals surface area contributed by atoms with Gasteiger partial charge in [0.05, 0.1) is 5.69 Å². The summed E-state index contributed by atoms with van der Waals surface area (Å²) in [7, 11) is 0. The standard InChI is InChI=1S/C46H31NO/c1-3-14-33(15-4-1)40-28-27-39(31-43(40)34-16-5-2-6-17-34)47(44-23-12-22-42-41-21-9-10-24-45(41)48-46(42)44)38-20-11-19-36(30-38)37-26-25-32-13-7-8-18-35(32)29-37/h1-31H. The van der Waals surface area contributed by atoms with Gasteiger partial charge in [-0.1, -0.05) is 146 Å². The van der Waals surface area contributed by atoms with Crippen LogP contribution in [0.4, 0.5) is 17.1 Å². The first-order valence-electron chi connectivity index (χ1n) is 16.3. The predicted octanol–water partition coefficient (Wildman–Crippen LogP) is 13.2. The zero-order valence-electron chi connectivity index (χ0n) is 26.3. The number of benzene rings is 8. The minimum Gasteiger partial charge on any atom is -0.454 e. The molecule has 1 aromatic heterocycles. The van der Waals surface area contributed by atoms with Gasteiger partial charge in [-0.15, -0.1) is 0 Å². The van der Waals surface area contributed by atoms with E-state index in [9.17, 15) is 0 Å². The van der Waals surface area contributed by atoms with Crippen LogP contribution in [0.1, 0.15) is 0 Å². The van der Waals surface area contributed by atoms with Gasteiger partial charge in [-0.05, 0) is 86.6 Å². The maximum atomic E-state index is 6.64. The molecule has 8 aromatic carbocycles. The van der Waals surface area contributed by atoms with E-state index in [1.807, 2.05) is 12.1 Å². The first kappa shape index (κ1) is 27.9. The second-order valence-corrected chi connectivity index (χ2v) is 12.2. The van der Waals surface area contributed by atoms with Crippen LogP contribution in [-0.4, -0.2) is 0 Å². The van der Waals surface area contributed by atoms with Crippen molar-refractivity contribution in [3.05, 3.63) is 188 Å². The van der Waals surface area contributed by atoms with Crippen LogP contribution in [0.5, 0.6) is 0 Å². The van der Waals surface area contributed by atoms with Gasteiger partial charge >= 0.3 is 0 Å². The molecule has 0 aliphatic rings. The predicted molar refractivity (Wildman–Crippen MR) is 202 cm³/mol. The van der Waals surface area contributed by atoms with Gasteiger partial charge in [0.1, 0.15) is 5.58 Å². The third-order valence-corrected chi connectivity index (χ3v) is 9.24. The van der Waals surface area contributed by atoms with E-state index >= 15 is 0 Å². The van der Waals surface area contributed by atoms with E-state index < -0.39 is 0 Å². The summed E-state index contributed by atoms with van der Waals surface area (Å²) >= 11 is 0. The highest BCUT2D eigenvalue weighted by Gasteiger charge is 2.21. The smallest absolute Gasteiger partial charge is 0.159 e. The lowest BCUT2D eigenvalue weighted by molar-refractivity contribution is 0.669. The molecule has 0 radical (unpaired) electrons. The van der Waals surface area contributed by atoms with Gasteiger partial charge in [-0.25, -0.2) is 0 Å². The van der Waals surface area contributed by atoms with Crippen LogP contribution in [0, 0.1) is 0 Å². The molecule has 48 heavy (non-hydrogen) atoms. The molecule has 226 valence electrons. The largest absolute Gasteiger partial charge is 0.454 e. The van der Waals surface area contributed by atoms with Gasteiger partial charge in [-0.2, -0.15) is 0 Å². The van der Waals surface area contributed by atoms with E-state index in [1.165, 1.54) is 38.6 Å². The van der Waals surface area contributed by atoms with Crippen LogP contribution in [0.25, 0.3) is 66.1 Å². The lowest BCUT2D eigenvalue weighted by Crippen LogP contribution is -2.10. The van der Waals surface area contributed by atoms with Crippen molar-refractivity contribution in [2.24, 2.45) is 0 Å². The van der Waals surface area contributed by atoms with Crippen molar-refractivity contribution in [3.63, 3.8) is 0 Å². The van der Waals surface area contributed by atoms with E-state index in [2.05, 4.69) is 181 Å². The molecule has 0 aliphatic carbocycles. The van der Waals surface area contributed by atoms with E-state index in [0.717, 1.165) is 44.6 Å². The molecule has 2 nitrogen and oxygen atoms in total. The third kappa shape index (κ3) is 4.92. The molecule has 0 saturated carbocycles. The zero-order chi connectivity index (χ0) is 31.9. The average Bonchev–Trinajstić information content (AvgIpc) is 3.55. The maximum Gasteiger partial charge on any atom is 0.159 e. The van der Waals surface area contributed by atoms with Crippen LogP contribution >= 0.6 is 0 Å². The van der Waals surface area contributed by atoms with Gasteiger partial charge in [0, 0.05) is 22.1 Å². The van der Waals surface area contributed by atoms with Crippen molar-refractivity contribution in [1.82, 2.24) is 0 Å². The summed E-state index contributed by atoms with van der Waals surface area (Å²) in [5.41, 5.74) is 11.9. The summed E-state index contributed by atoms with van der Waals surface area (Å²) in [6.45, 7) is 0. The molecule has 9 rings (SSSR count). The normalized spacial score (nSPS) is 11.3. The number of hydrogen-bond donors (Lipinski definition) is 0. The molecule has 9 aromatic rings. The number of rotatable bonds is 6. The number of hydrogen-bond acceptors (Lipinski definition) is 2. The highest BCUT2D eigenvalue weighted by molar-refractivity contribution is 6.10. The Morgan fingerprint density at radius 1 is 0.354 bits per heavy atom. The van der Waals surface area contributed by atoms with Crippen molar-refractivity contribution in [1.29, 1.82) is 0 Å². The number of anilines is 3. The minimum absolute atomic E-state index is 0.864. The Morgan fingerprint density at radius 3 is 1.81 bits per heavy atom. The quantitative estimate of drug-likeness (QED) is 0.185. The second-order valence-electron chi connectivity index (χ2n) is 12.2. The first-order valence-corrected chi connectivity index (χ1v) is 16.3. The lowest BCUT2D eigenvalue weighted by atomic mass is 9.93. The maximum absolute atomic E-state index is 6.64. The van der Waals surface area contributed by atoms with E-state index in [4.69, 9.17) is 4.42 Å². The molecule has 1 heterocycles. The summed E-state index contributed by atoms with van der Waals surface area (Å²) in [6, 6.07) is 66.9. The topological polar surface area (TPSA) is 16.4 Å².